The van der Waals surface area contributed by atoms with Crippen molar-refractivity contribution in [1.82, 2.24) is 5.32 Å². The average Bonchev–Trinajstić information content (AvgIpc) is 2.92. The lowest BCUT2D eigenvalue weighted by molar-refractivity contribution is -0.0725. The first-order valence-corrected chi connectivity index (χ1v) is 11.3. The normalized spacial score (nSPS) is 45.5. The molecule has 0 aromatic rings. The third-order valence-electron chi connectivity index (χ3n) is 8.06. The number of methoxy groups -OCH3 is 1. The molecule has 0 amide bonds. The van der Waals surface area contributed by atoms with Gasteiger partial charge in [-0.05, 0) is 67.1 Å². The van der Waals surface area contributed by atoms with Gasteiger partial charge in [-0.25, -0.2) is 0 Å². The summed E-state index contributed by atoms with van der Waals surface area (Å²) in [6, 6.07) is 0. The highest BCUT2D eigenvalue weighted by Gasteiger charge is 2.69. The lowest BCUT2D eigenvalue weighted by atomic mass is 9.68. The van der Waals surface area contributed by atoms with Gasteiger partial charge in [0, 0.05) is 20.2 Å². The number of nitrogens with one attached hydrogen (secondary N) is 1. The van der Waals surface area contributed by atoms with Crippen molar-refractivity contribution in [1.29, 1.82) is 0 Å². The van der Waals surface area contributed by atoms with Crippen LogP contribution in [0.4, 0.5) is 0 Å². The van der Waals surface area contributed by atoms with Crippen LogP contribution in [-0.4, -0.2) is 44.5 Å². The van der Waals surface area contributed by atoms with Gasteiger partial charge in [0.1, 0.15) is 0 Å². The predicted octanol–water partition coefficient (Wildman–Crippen LogP) is 2.97. The molecule has 3 rings (SSSR count). The van der Waals surface area contributed by atoms with Gasteiger partial charge in [0.2, 0.25) is 0 Å². The number of hydrogen-bond acceptors (Lipinski definition) is 4. The van der Waals surface area contributed by atoms with Crippen LogP contribution >= 0.6 is 0 Å². The van der Waals surface area contributed by atoms with Crippen molar-refractivity contribution < 1.29 is 17.7 Å². The molecule has 146 valence electrons. The van der Waals surface area contributed by atoms with E-state index < -0.39 is 10.1 Å². The summed E-state index contributed by atoms with van der Waals surface area (Å²) in [5.41, 5.74) is 0.531. The van der Waals surface area contributed by atoms with Crippen LogP contribution in [0.5, 0.6) is 0 Å². The minimum atomic E-state index is -3.90. The van der Waals surface area contributed by atoms with Crippen LogP contribution in [0.25, 0.3) is 0 Å². The van der Waals surface area contributed by atoms with Crippen LogP contribution in [0.15, 0.2) is 0 Å². The molecule has 0 unspecified atom stereocenters. The zero-order valence-electron chi connectivity index (χ0n) is 16.3. The molecule has 0 heterocycles. The van der Waals surface area contributed by atoms with Crippen molar-refractivity contribution >= 4 is 10.1 Å². The third kappa shape index (κ3) is 3.40. The number of ether oxygens (including phenoxy) is 1. The fraction of sp³-hybridized carbons (Fsp3) is 1.00. The van der Waals surface area contributed by atoms with E-state index in [1.165, 1.54) is 12.8 Å². The maximum atomic E-state index is 10.9. The van der Waals surface area contributed by atoms with Gasteiger partial charge in [-0.15, -0.1) is 0 Å². The van der Waals surface area contributed by atoms with Gasteiger partial charge in [0.25, 0.3) is 10.1 Å². The van der Waals surface area contributed by atoms with Crippen molar-refractivity contribution in [3.8, 4) is 0 Å². The largest absolute Gasteiger partial charge is 0.378 e. The molecule has 2 N–H and O–H groups in total. The maximum absolute atomic E-state index is 10.9. The fourth-order valence-electron chi connectivity index (χ4n) is 6.40. The van der Waals surface area contributed by atoms with Crippen LogP contribution in [0, 0.1) is 34.5 Å². The summed E-state index contributed by atoms with van der Waals surface area (Å²) in [4.78, 5) is 0. The molecule has 0 bridgehead atoms. The molecule has 3 aliphatic rings. The minimum absolute atomic E-state index is 0.0413. The molecule has 0 aliphatic heterocycles. The van der Waals surface area contributed by atoms with Crippen molar-refractivity contribution in [2.45, 2.75) is 59.0 Å². The summed E-state index contributed by atoms with van der Waals surface area (Å²) in [6.45, 7) is 10.6. The van der Waals surface area contributed by atoms with Gasteiger partial charge >= 0.3 is 0 Å². The maximum Gasteiger partial charge on any atom is 0.266 e. The highest BCUT2D eigenvalue weighted by molar-refractivity contribution is 7.85. The highest BCUT2D eigenvalue weighted by atomic mass is 32.2. The molecule has 3 saturated carbocycles. The van der Waals surface area contributed by atoms with E-state index in [-0.39, 0.29) is 16.8 Å². The molecule has 0 aromatic heterocycles. The number of hydrogen-bond donors (Lipinski definition) is 2. The van der Waals surface area contributed by atoms with Crippen LogP contribution in [0.2, 0.25) is 0 Å². The molecule has 3 aliphatic carbocycles. The van der Waals surface area contributed by atoms with Gasteiger partial charge in [-0.2, -0.15) is 8.42 Å². The van der Waals surface area contributed by atoms with E-state index in [1.807, 2.05) is 7.11 Å². The monoisotopic (exact) mass is 373 g/mol. The standard InChI is InChI=1S/C19H35NO4S/c1-17(2)13-7-9-19(4,24-5)14-6-8-18(3,16(14)15(13)17)12-20-10-11-25(21,22)23/h13-16,20H,6-12H2,1-5H3,(H,21,22,23)/t13-,14-,15-,16-,18+,19-/m1/s1. The van der Waals surface area contributed by atoms with E-state index in [0.29, 0.717) is 23.8 Å². The Balaban J connectivity index is 1.77. The second kappa shape index (κ2) is 6.18. The molecule has 6 heteroatoms. The molecule has 0 saturated heterocycles. The Hall–Kier alpha value is -0.170. The molecule has 0 radical (unpaired) electrons. The van der Waals surface area contributed by atoms with E-state index in [1.54, 1.807) is 0 Å². The van der Waals surface area contributed by atoms with Crippen LogP contribution < -0.4 is 5.32 Å². The van der Waals surface area contributed by atoms with Gasteiger partial charge in [0.05, 0.1) is 11.4 Å². The second-order valence-electron chi connectivity index (χ2n) is 9.80. The van der Waals surface area contributed by atoms with Crippen LogP contribution in [-0.2, 0) is 14.9 Å². The van der Waals surface area contributed by atoms with Crippen LogP contribution in [0.1, 0.15) is 53.4 Å². The first kappa shape index (κ1) is 19.6. The van der Waals surface area contributed by atoms with Gasteiger partial charge in [-0.3, -0.25) is 4.55 Å². The first-order valence-electron chi connectivity index (χ1n) is 9.66. The highest BCUT2D eigenvalue weighted by Crippen LogP contribution is 2.73. The number of rotatable bonds is 6. The smallest absolute Gasteiger partial charge is 0.266 e. The van der Waals surface area contributed by atoms with E-state index in [0.717, 1.165) is 31.2 Å². The van der Waals surface area contributed by atoms with E-state index >= 15 is 0 Å². The van der Waals surface area contributed by atoms with Gasteiger partial charge in [-0.1, -0.05) is 20.8 Å². The summed E-state index contributed by atoms with van der Waals surface area (Å²) >= 11 is 0. The molecule has 25 heavy (non-hydrogen) atoms. The molecule has 0 aromatic carbocycles. The Bertz CT molecular complexity index is 619. The van der Waals surface area contributed by atoms with Crippen molar-refractivity contribution in [2.75, 3.05) is 26.0 Å². The van der Waals surface area contributed by atoms with Crippen molar-refractivity contribution in [3.63, 3.8) is 0 Å². The van der Waals surface area contributed by atoms with E-state index in [2.05, 4.69) is 33.0 Å². The SMILES string of the molecule is CO[C@]1(C)CC[C@@H]2[C@H]([C@H]3[C@H]1CC[C@@]3(C)CNCCS(=O)(=O)O)C2(C)C. The third-order valence-corrected chi connectivity index (χ3v) is 8.78. The molecule has 5 nitrogen and oxygen atoms in total. The Labute approximate surface area is 153 Å². The Morgan fingerprint density at radius 1 is 1.08 bits per heavy atom. The van der Waals surface area contributed by atoms with Gasteiger partial charge < -0.3 is 10.1 Å². The Morgan fingerprint density at radius 2 is 1.72 bits per heavy atom. The topological polar surface area (TPSA) is 75.6 Å². The average molecular weight is 374 g/mol. The summed E-state index contributed by atoms with van der Waals surface area (Å²) in [6.07, 6.45) is 4.73. The Morgan fingerprint density at radius 3 is 2.32 bits per heavy atom. The van der Waals surface area contributed by atoms with Crippen molar-refractivity contribution in [2.24, 2.45) is 34.5 Å². The molecular formula is C19H35NO4S. The molecule has 0 spiro atoms. The summed E-state index contributed by atoms with van der Waals surface area (Å²) in [5.74, 6) is 2.49. The summed E-state index contributed by atoms with van der Waals surface area (Å²) in [7, 11) is -2.03. The fourth-order valence-corrected chi connectivity index (χ4v) is 6.80. The number of fused-ring (bicyclic) bond motifs is 3. The summed E-state index contributed by atoms with van der Waals surface area (Å²) in [5, 5.41) is 3.31. The molecular weight excluding hydrogens is 338 g/mol. The molecule has 6 atom stereocenters. The zero-order valence-corrected chi connectivity index (χ0v) is 17.2. The Kier molecular flexibility index (Phi) is 4.84. The second-order valence-corrected chi connectivity index (χ2v) is 11.4. The quantitative estimate of drug-likeness (QED) is 0.553. The predicted molar refractivity (Wildman–Crippen MR) is 99.0 cm³/mol. The van der Waals surface area contributed by atoms with Gasteiger partial charge in [0.15, 0.2) is 0 Å². The zero-order chi connectivity index (χ0) is 18.7. The molecule has 3 fully saturated rings. The first-order chi connectivity index (χ1) is 11.4. The van der Waals surface area contributed by atoms with Crippen LogP contribution in [0.3, 0.4) is 0 Å². The van der Waals surface area contributed by atoms with E-state index in [4.69, 9.17) is 9.29 Å². The lowest BCUT2D eigenvalue weighted by Crippen LogP contribution is -2.45. The van der Waals surface area contributed by atoms with E-state index in [9.17, 15) is 8.42 Å². The summed E-state index contributed by atoms with van der Waals surface area (Å²) < 4.78 is 36.9. The minimum Gasteiger partial charge on any atom is -0.378 e. The lowest BCUT2D eigenvalue weighted by Gasteiger charge is -2.42. The van der Waals surface area contributed by atoms with Crippen molar-refractivity contribution in [3.05, 3.63) is 0 Å².